The maximum atomic E-state index is 6.37. The molecule has 0 fully saturated rings. The summed E-state index contributed by atoms with van der Waals surface area (Å²) in [5.74, 6) is 0. The quantitative estimate of drug-likeness (QED) is 0.194. The Balaban J connectivity index is 1.11. The van der Waals surface area contributed by atoms with Crippen LogP contribution in [0.2, 0.25) is 0 Å². The van der Waals surface area contributed by atoms with Gasteiger partial charge in [-0.25, -0.2) is 0 Å². The number of allylic oxidation sites excluding steroid dienone is 7. The first-order valence-electron chi connectivity index (χ1n) is 19.5. The van der Waals surface area contributed by atoms with Gasteiger partial charge in [-0.2, -0.15) is 0 Å². The minimum Gasteiger partial charge on any atom is -0.456 e. The second-order valence-corrected chi connectivity index (χ2v) is 15.0. The number of hydrogen-bond donors (Lipinski definition) is 1. The number of para-hydroxylation sites is 1. The Bertz CT molecular complexity index is 2830. The summed E-state index contributed by atoms with van der Waals surface area (Å²) in [4.78, 5) is 2.46. The SMILES string of the molecule is C1=CC2=C(CC1)CCC=C2c1cccc(N(C2=CNCc3cc4oc5ccccc5c4cc32)c2cccc(-c3cc4c(c5ccccc35)CCC=C4)c2)c1. The Morgan fingerprint density at radius 3 is 2.24 bits per heavy atom. The lowest BCUT2D eigenvalue weighted by atomic mass is 9.82. The molecule has 0 atom stereocenters. The van der Waals surface area contributed by atoms with Gasteiger partial charge in [0.05, 0.1) is 5.70 Å². The van der Waals surface area contributed by atoms with Crippen LogP contribution in [0.25, 0.3) is 61.2 Å². The maximum Gasteiger partial charge on any atom is 0.135 e. The number of furan rings is 1. The molecule has 6 aromatic carbocycles. The van der Waals surface area contributed by atoms with Gasteiger partial charge in [0.15, 0.2) is 0 Å². The van der Waals surface area contributed by atoms with Gasteiger partial charge >= 0.3 is 0 Å². The van der Waals surface area contributed by atoms with Crippen molar-refractivity contribution in [1.82, 2.24) is 5.32 Å². The molecule has 1 aliphatic heterocycles. The first-order chi connectivity index (χ1) is 26.8. The van der Waals surface area contributed by atoms with Crippen LogP contribution >= 0.6 is 0 Å². The van der Waals surface area contributed by atoms with Crippen molar-refractivity contribution in [3.05, 3.63) is 185 Å². The molecule has 0 radical (unpaired) electrons. The third kappa shape index (κ3) is 5.10. The van der Waals surface area contributed by atoms with E-state index in [4.69, 9.17) is 4.42 Å². The van der Waals surface area contributed by atoms with Crippen molar-refractivity contribution >= 4 is 61.4 Å². The zero-order valence-electron chi connectivity index (χ0n) is 30.2. The number of benzene rings is 6. The summed E-state index contributed by atoms with van der Waals surface area (Å²) in [6.07, 6.45) is 20.7. The van der Waals surface area contributed by atoms with Crippen molar-refractivity contribution in [2.24, 2.45) is 0 Å². The molecule has 3 aliphatic carbocycles. The van der Waals surface area contributed by atoms with Crippen LogP contribution in [0.4, 0.5) is 11.4 Å². The lowest BCUT2D eigenvalue weighted by Crippen LogP contribution is -2.23. The van der Waals surface area contributed by atoms with Crippen LogP contribution in [0.5, 0.6) is 0 Å². The second kappa shape index (κ2) is 12.7. The average Bonchev–Trinajstić information content (AvgIpc) is 3.60. The summed E-state index contributed by atoms with van der Waals surface area (Å²) >= 11 is 0. The van der Waals surface area contributed by atoms with Crippen LogP contribution in [0, 0.1) is 0 Å². The molecule has 7 aromatic rings. The highest BCUT2D eigenvalue weighted by Crippen LogP contribution is 2.45. The normalized spacial score (nSPS) is 16.1. The van der Waals surface area contributed by atoms with Gasteiger partial charge in [0, 0.05) is 40.5 Å². The highest BCUT2D eigenvalue weighted by molar-refractivity contribution is 6.07. The van der Waals surface area contributed by atoms with E-state index in [-0.39, 0.29) is 0 Å². The zero-order valence-corrected chi connectivity index (χ0v) is 30.2. The predicted octanol–water partition coefficient (Wildman–Crippen LogP) is 13.4. The number of nitrogens with one attached hydrogen (secondary N) is 1. The van der Waals surface area contributed by atoms with Gasteiger partial charge in [-0.1, -0.05) is 103 Å². The largest absolute Gasteiger partial charge is 0.456 e. The fourth-order valence-corrected chi connectivity index (χ4v) is 9.36. The molecular formula is C51H40N2O. The lowest BCUT2D eigenvalue weighted by Gasteiger charge is -2.32. The number of anilines is 2. The molecule has 3 nitrogen and oxygen atoms in total. The van der Waals surface area contributed by atoms with E-state index >= 15 is 0 Å². The molecule has 260 valence electrons. The van der Waals surface area contributed by atoms with Crippen molar-refractivity contribution in [3.63, 3.8) is 0 Å². The van der Waals surface area contributed by atoms with Crippen molar-refractivity contribution in [2.75, 3.05) is 4.90 Å². The third-order valence-corrected chi connectivity index (χ3v) is 11.9. The van der Waals surface area contributed by atoms with E-state index in [0.29, 0.717) is 0 Å². The molecule has 0 saturated heterocycles. The Morgan fingerprint density at radius 1 is 0.574 bits per heavy atom. The molecule has 4 aliphatic rings. The van der Waals surface area contributed by atoms with Gasteiger partial charge in [0.25, 0.3) is 0 Å². The maximum absolute atomic E-state index is 6.37. The van der Waals surface area contributed by atoms with Crippen LogP contribution in [0.1, 0.15) is 59.9 Å². The fraction of sp³-hybridized carbons (Fsp3) is 0.137. The van der Waals surface area contributed by atoms with E-state index in [0.717, 1.165) is 71.2 Å². The average molecular weight is 697 g/mol. The summed E-state index contributed by atoms with van der Waals surface area (Å²) in [5.41, 5.74) is 18.6. The summed E-state index contributed by atoms with van der Waals surface area (Å²) in [5, 5.41) is 8.61. The van der Waals surface area contributed by atoms with E-state index in [2.05, 4.69) is 156 Å². The smallest absolute Gasteiger partial charge is 0.135 e. The van der Waals surface area contributed by atoms with E-state index in [1.807, 2.05) is 6.07 Å². The van der Waals surface area contributed by atoms with Crippen molar-refractivity contribution in [3.8, 4) is 11.1 Å². The van der Waals surface area contributed by atoms with Gasteiger partial charge in [-0.05, 0) is 142 Å². The first-order valence-corrected chi connectivity index (χ1v) is 19.5. The Hall–Kier alpha value is -6.32. The molecule has 0 amide bonds. The number of hydrogen-bond acceptors (Lipinski definition) is 3. The second-order valence-electron chi connectivity index (χ2n) is 15.0. The topological polar surface area (TPSA) is 28.4 Å². The van der Waals surface area contributed by atoms with Gasteiger partial charge < -0.3 is 14.6 Å². The van der Waals surface area contributed by atoms with Gasteiger partial charge in [-0.15, -0.1) is 0 Å². The van der Waals surface area contributed by atoms with Gasteiger partial charge in [0.2, 0.25) is 0 Å². The molecule has 1 aromatic heterocycles. The highest BCUT2D eigenvalue weighted by Gasteiger charge is 2.26. The summed E-state index contributed by atoms with van der Waals surface area (Å²) in [6.45, 7) is 0.741. The molecular weight excluding hydrogens is 657 g/mol. The minimum atomic E-state index is 0.741. The summed E-state index contributed by atoms with van der Waals surface area (Å²) < 4.78 is 6.37. The van der Waals surface area contributed by atoms with Crippen LogP contribution in [-0.2, 0) is 13.0 Å². The standard InChI is InChI=1S/C51H40N2O/c1-3-19-40-33(12-1)14-11-24-41(40)34-15-9-17-38(26-34)53(49-32-52-31-37-29-51-48(30-47(37)49)45-23-7-8-25-50(45)54-51)39-18-10-16-35(27-39)46-28-36-13-2-4-20-42(36)43-21-5-6-22-44(43)46/h2-3,5-10,13,15-19,21-30,32,52H,1,4,11-12,14,20,31H2. The molecule has 0 spiro atoms. The van der Waals surface area contributed by atoms with Crippen LogP contribution in [-0.4, -0.2) is 0 Å². The van der Waals surface area contributed by atoms with E-state index in [1.165, 1.54) is 73.7 Å². The molecule has 1 N–H and O–H groups in total. The van der Waals surface area contributed by atoms with Crippen molar-refractivity contribution < 1.29 is 4.42 Å². The van der Waals surface area contributed by atoms with Crippen LogP contribution in [0.15, 0.2) is 161 Å². The Kier molecular flexibility index (Phi) is 7.33. The summed E-state index contributed by atoms with van der Waals surface area (Å²) in [6, 6.07) is 42.7. The van der Waals surface area contributed by atoms with E-state index in [1.54, 1.807) is 5.57 Å². The molecule has 0 unspecified atom stereocenters. The number of aryl methyl sites for hydroxylation is 1. The lowest BCUT2D eigenvalue weighted by molar-refractivity contribution is 0.667. The van der Waals surface area contributed by atoms with E-state index < -0.39 is 0 Å². The molecule has 11 rings (SSSR count). The predicted molar refractivity (Wildman–Crippen MR) is 226 cm³/mol. The van der Waals surface area contributed by atoms with Crippen molar-refractivity contribution in [2.45, 2.75) is 45.1 Å². The van der Waals surface area contributed by atoms with Gasteiger partial charge in [-0.3, -0.25) is 0 Å². The first kappa shape index (κ1) is 31.2. The number of nitrogens with zero attached hydrogens (tertiary/aromatic N) is 1. The molecule has 3 heteroatoms. The monoisotopic (exact) mass is 696 g/mol. The van der Waals surface area contributed by atoms with Crippen molar-refractivity contribution in [1.29, 1.82) is 0 Å². The minimum absolute atomic E-state index is 0.741. The number of rotatable bonds is 5. The summed E-state index contributed by atoms with van der Waals surface area (Å²) in [7, 11) is 0. The van der Waals surface area contributed by atoms with Gasteiger partial charge in [0.1, 0.15) is 11.2 Å². The van der Waals surface area contributed by atoms with Crippen LogP contribution < -0.4 is 10.2 Å². The molecule has 0 bridgehead atoms. The fourth-order valence-electron chi connectivity index (χ4n) is 9.36. The van der Waals surface area contributed by atoms with Crippen LogP contribution in [0.3, 0.4) is 0 Å². The Morgan fingerprint density at radius 2 is 1.33 bits per heavy atom. The molecule has 2 heterocycles. The molecule has 54 heavy (non-hydrogen) atoms. The van der Waals surface area contributed by atoms with E-state index in [9.17, 15) is 0 Å². The zero-order chi connectivity index (χ0) is 35.6. The third-order valence-electron chi connectivity index (χ3n) is 11.9. The highest BCUT2D eigenvalue weighted by atomic mass is 16.3. The number of fused-ring (bicyclic) bond motifs is 7. The molecule has 0 saturated carbocycles. The Labute approximate surface area is 315 Å².